The van der Waals surface area contributed by atoms with Crippen molar-refractivity contribution in [1.29, 1.82) is 0 Å². The Labute approximate surface area is 110 Å². The van der Waals surface area contributed by atoms with Crippen LogP contribution in [0.1, 0.15) is 43.8 Å². The summed E-state index contributed by atoms with van der Waals surface area (Å²) < 4.78 is 26.5. The van der Waals surface area contributed by atoms with E-state index < -0.39 is 11.6 Å². The Balaban J connectivity index is 1.87. The second-order valence-corrected chi connectivity index (χ2v) is 5.00. The Morgan fingerprint density at radius 3 is 2.63 bits per heavy atom. The second kappa shape index (κ2) is 5.07. The zero-order valence-electron chi connectivity index (χ0n) is 10.5. The monoisotopic (exact) mass is 263 g/mol. The fourth-order valence-electron chi connectivity index (χ4n) is 2.62. The molecule has 0 bridgehead atoms. The van der Waals surface area contributed by atoms with E-state index in [0.29, 0.717) is 11.7 Å². The Morgan fingerprint density at radius 2 is 1.89 bits per heavy atom. The van der Waals surface area contributed by atoms with Crippen molar-refractivity contribution < 1.29 is 8.78 Å². The van der Waals surface area contributed by atoms with E-state index in [0.717, 1.165) is 24.7 Å². The molecule has 0 amide bonds. The molecule has 1 aliphatic rings. The predicted octanol–water partition coefficient (Wildman–Crippen LogP) is 3.80. The van der Waals surface area contributed by atoms with E-state index in [4.69, 9.17) is 0 Å². The summed E-state index contributed by atoms with van der Waals surface area (Å²) in [6.07, 6.45) is 5.86. The Morgan fingerprint density at radius 1 is 1.11 bits per heavy atom. The zero-order valence-corrected chi connectivity index (χ0v) is 10.5. The molecule has 0 saturated heterocycles. The van der Waals surface area contributed by atoms with Crippen LogP contribution in [-0.4, -0.2) is 15.2 Å². The van der Waals surface area contributed by atoms with Crippen LogP contribution in [0.2, 0.25) is 0 Å². The minimum atomic E-state index is -0.630. The van der Waals surface area contributed by atoms with Crippen molar-refractivity contribution in [2.24, 2.45) is 0 Å². The minimum Gasteiger partial charge on any atom is -0.262 e. The van der Waals surface area contributed by atoms with Crippen LogP contribution < -0.4 is 0 Å². The molecule has 3 rings (SSSR count). The van der Waals surface area contributed by atoms with Crippen molar-refractivity contribution in [2.75, 3.05) is 0 Å². The summed E-state index contributed by atoms with van der Waals surface area (Å²) in [4.78, 5) is 4.37. The van der Waals surface area contributed by atoms with Crippen molar-refractivity contribution >= 4 is 0 Å². The molecule has 100 valence electrons. The summed E-state index contributed by atoms with van der Waals surface area (Å²) in [7, 11) is 0. The van der Waals surface area contributed by atoms with E-state index in [1.165, 1.54) is 31.4 Å². The van der Waals surface area contributed by atoms with Crippen LogP contribution in [-0.2, 0) is 0 Å². The number of nitrogens with zero attached hydrogens (tertiary/aromatic N) is 2. The third kappa shape index (κ3) is 2.50. The summed E-state index contributed by atoms with van der Waals surface area (Å²) in [5.74, 6) is 0.286. The number of benzene rings is 1. The molecule has 1 saturated carbocycles. The highest BCUT2D eigenvalue weighted by Crippen LogP contribution is 2.31. The topological polar surface area (TPSA) is 41.6 Å². The summed E-state index contributed by atoms with van der Waals surface area (Å²) in [5.41, 5.74) is 0.236. The molecule has 1 fully saturated rings. The van der Waals surface area contributed by atoms with Gasteiger partial charge in [-0.25, -0.2) is 13.8 Å². The molecule has 5 heteroatoms. The van der Waals surface area contributed by atoms with Gasteiger partial charge in [-0.2, -0.15) is 5.10 Å². The van der Waals surface area contributed by atoms with E-state index in [1.807, 2.05) is 0 Å². The van der Waals surface area contributed by atoms with Gasteiger partial charge in [0, 0.05) is 12.0 Å². The maximum absolute atomic E-state index is 13.7. The van der Waals surface area contributed by atoms with Gasteiger partial charge in [0.15, 0.2) is 5.82 Å². The molecule has 0 spiro atoms. The number of rotatable bonds is 2. The van der Waals surface area contributed by atoms with Crippen molar-refractivity contribution in [3.8, 4) is 11.4 Å². The van der Waals surface area contributed by atoms with Crippen LogP contribution in [0.4, 0.5) is 8.78 Å². The summed E-state index contributed by atoms with van der Waals surface area (Å²) in [6, 6.07) is 3.44. The predicted molar refractivity (Wildman–Crippen MR) is 67.6 cm³/mol. The van der Waals surface area contributed by atoms with Gasteiger partial charge in [-0.15, -0.1) is 0 Å². The molecule has 1 aliphatic carbocycles. The molecular weight excluding hydrogens is 248 g/mol. The van der Waals surface area contributed by atoms with Gasteiger partial charge >= 0.3 is 0 Å². The quantitative estimate of drug-likeness (QED) is 0.895. The van der Waals surface area contributed by atoms with Crippen LogP contribution >= 0.6 is 0 Å². The number of H-pyrrole nitrogens is 1. The van der Waals surface area contributed by atoms with E-state index in [1.54, 1.807) is 0 Å². The van der Waals surface area contributed by atoms with Crippen LogP contribution in [0.15, 0.2) is 18.2 Å². The van der Waals surface area contributed by atoms with Gasteiger partial charge in [-0.3, -0.25) is 5.10 Å². The van der Waals surface area contributed by atoms with Gasteiger partial charge in [-0.05, 0) is 25.0 Å². The molecule has 1 aromatic carbocycles. The molecule has 0 aliphatic heterocycles. The lowest BCUT2D eigenvalue weighted by atomic mass is 9.89. The molecule has 0 atom stereocenters. The molecule has 0 radical (unpaired) electrons. The van der Waals surface area contributed by atoms with Gasteiger partial charge in [0.1, 0.15) is 17.5 Å². The molecular formula is C14H15F2N3. The number of aromatic nitrogens is 3. The van der Waals surface area contributed by atoms with Crippen LogP contribution in [0.25, 0.3) is 11.4 Å². The first kappa shape index (κ1) is 12.3. The van der Waals surface area contributed by atoms with E-state index >= 15 is 0 Å². The number of hydrogen-bond acceptors (Lipinski definition) is 2. The first-order valence-corrected chi connectivity index (χ1v) is 6.62. The molecule has 3 nitrogen and oxygen atoms in total. The van der Waals surface area contributed by atoms with Gasteiger partial charge in [-0.1, -0.05) is 19.3 Å². The highest BCUT2D eigenvalue weighted by molar-refractivity contribution is 5.55. The number of aromatic amines is 1. The lowest BCUT2D eigenvalue weighted by Crippen LogP contribution is -2.06. The SMILES string of the molecule is Fc1ccc(-c2n[nH]c(C3CCCCC3)n2)c(F)c1. The maximum Gasteiger partial charge on any atom is 0.184 e. The number of hydrogen-bond donors (Lipinski definition) is 1. The van der Waals surface area contributed by atoms with Gasteiger partial charge in [0.05, 0.1) is 5.56 Å². The maximum atomic E-state index is 13.7. The fraction of sp³-hybridized carbons (Fsp3) is 0.429. The average molecular weight is 263 g/mol. The average Bonchev–Trinajstić information content (AvgIpc) is 2.89. The van der Waals surface area contributed by atoms with E-state index in [-0.39, 0.29) is 5.56 Å². The van der Waals surface area contributed by atoms with Gasteiger partial charge in [0.2, 0.25) is 0 Å². The summed E-state index contributed by atoms with van der Waals surface area (Å²) in [6.45, 7) is 0. The first-order chi connectivity index (χ1) is 9.24. The number of halogens is 2. The Bertz CT molecular complexity index is 574. The largest absolute Gasteiger partial charge is 0.262 e. The molecule has 1 heterocycles. The highest BCUT2D eigenvalue weighted by atomic mass is 19.1. The second-order valence-electron chi connectivity index (χ2n) is 5.00. The van der Waals surface area contributed by atoms with Crippen molar-refractivity contribution in [2.45, 2.75) is 38.0 Å². The zero-order chi connectivity index (χ0) is 13.2. The van der Waals surface area contributed by atoms with Crippen molar-refractivity contribution in [3.63, 3.8) is 0 Å². The van der Waals surface area contributed by atoms with E-state index in [2.05, 4.69) is 15.2 Å². The summed E-state index contributed by atoms with van der Waals surface area (Å²) >= 11 is 0. The minimum absolute atomic E-state index is 0.236. The summed E-state index contributed by atoms with van der Waals surface area (Å²) in [5, 5.41) is 6.95. The normalized spacial score (nSPS) is 16.7. The number of nitrogens with one attached hydrogen (secondary N) is 1. The third-order valence-corrected chi connectivity index (χ3v) is 3.67. The molecule has 0 unspecified atom stereocenters. The van der Waals surface area contributed by atoms with Crippen molar-refractivity contribution in [3.05, 3.63) is 35.7 Å². The fourth-order valence-corrected chi connectivity index (χ4v) is 2.62. The standard InChI is InChI=1S/C14H15F2N3/c15-10-6-7-11(12(16)8-10)14-17-13(18-19-14)9-4-2-1-3-5-9/h6-9H,1-5H2,(H,17,18,19). The lowest BCUT2D eigenvalue weighted by Gasteiger charge is -2.18. The molecule has 2 aromatic rings. The van der Waals surface area contributed by atoms with Gasteiger partial charge in [0.25, 0.3) is 0 Å². The molecule has 19 heavy (non-hydrogen) atoms. The first-order valence-electron chi connectivity index (χ1n) is 6.62. The van der Waals surface area contributed by atoms with Crippen LogP contribution in [0, 0.1) is 11.6 Å². The van der Waals surface area contributed by atoms with Crippen LogP contribution in [0.3, 0.4) is 0 Å². The highest BCUT2D eigenvalue weighted by Gasteiger charge is 2.20. The lowest BCUT2D eigenvalue weighted by molar-refractivity contribution is 0.429. The third-order valence-electron chi connectivity index (χ3n) is 3.67. The molecule has 1 aromatic heterocycles. The van der Waals surface area contributed by atoms with Gasteiger partial charge < -0.3 is 0 Å². The van der Waals surface area contributed by atoms with Crippen LogP contribution in [0.5, 0.6) is 0 Å². The Hall–Kier alpha value is -1.78. The molecule has 1 N–H and O–H groups in total. The smallest absolute Gasteiger partial charge is 0.184 e. The van der Waals surface area contributed by atoms with E-state index in [9.17, 15) is 8.78 Å². The Kier molecular flexibility index (Phi) is 3.27. The van der Waals surface area contributed by atoms with Crippen molar-refractivity contribution in [1.82, 2.24) is 15.2 Å².